The van der Waals surface area contributed by atoms with Crippen molar-refractivity contribution in [3.8, 4) is 11.1 Å². The Morgan fingerprint density at radius 2 is 1.92 bits per heavy atom. The van der Waals surface area contributed by atoms with Gasteiger partial charge in [-0.15, -0.1) is 0 Å². The molecular weight excluding hydrogens is 381 g/mol. The molecule has 0 saturated carbocycles. The van der Waals surface area contributed by atoms with Gasteiger partial charge in [0, 0.05) is 32.4 Å². The van der Waals surface area contributed by atoms with Gasteiger partial charge in [-0.25, -0.2) is 0 Å². The Morgan fingerprint density at radius 1 is 1.12 bits per heavy atom. The first-order valence-electron chi connectivity index (χ1n) is 7.33. The lowest BCUT2D eigenvalue weighted by Crippen LogP contribution is -2.07. The van der Waals surface area contributed by atoms with E-state index in [2.05, 4.69) is 4.98 Å². The number of H-pyrrole nitrogens is 1. The normalized spacial score (nSPS) is 12.8. The van der Waals surface area contributed by atoms with Gasteiger partial charge in [-0.1, -0.05) is 35.3 Å². The number of halogens is 2. The predicted molar refractivity (Wildman–Crippen MR) is 102 cm³/mol. The van der Waals surface area contributed by atoms with Crippen LogP contribution in [0.15, 0.2) is 56.6 Å². The SMILES string of the molecule is CS(=O)c1cccc(-c2c(Cl)c(=O)[nH]c3c2oc2ccc(Cl)cc23)c1. The van der Waals surface area contributed by atoms with Crippen molar-refractivity contribution < 1.29 is 8.63 Å². The Kier molecular flexibility index (Phi) is 3.95. The number of furan rings is 1. The molecule has 4 aromatic rings. The number of aromatic nitrogens is 1. The molecule has 126 valence electrons. The summed E-state index contributed by atoms with van der Waals surface area (Å²) in [5, 5.41) is 1.26. The molecule has 25 heavy (non-hydrogen) atoms. The summed E-state index contributed by atoms with van der Waals surface area (Å²) in [6.45, 7) is 0. The number of rotatable bonds is 2. The average molecular weight is 392 g/mol. The summed E-state index contributed by atoms with van der Waals surface area (Å²) in [6.07, 6.45) is 1.59. The van der Waals surface area contributed by atoms with Crippen LogP contribution in [0.5, 0.6) is 0 Å². The van der Waals surface area contributed by atoms with Crippen LogP contribution < -0.4 is 5.56 Å². The molecule has 1 atom stereocenters. The van der Waals surface area contributed by atoms with Crippen molar-refractivity contribution >= 4 is 56.1 Å². The molecule has 0 bridgehead atoms. The van der Waals surface area contributed by atoms with Crippen LogP contribution in [-0.2, 0) is 10.8 Å². The third-order valence-corrected chi connectivity index (χ3v) is 5.50. The van der Waals surface area contributed by atoms with E-state index in [-0.39, 0.29) is 5.02 Å². The van der Waals surface area contributed by atoms with Crippen LogP contribution >= 0.6 is 23.2 Å². The van der Waals surface area contributed by atoms with Gasteiger partial charge in [0.1, 0.15) is 10.6 Å². The number of hydrogen-bond donors (Lipinski definition) is 1. The van der Waals surface area contributed by atoms with Crippen LogP contribution in [0.1, 0.15) is 0 Å². The number of fused-ring (bicyclic) bond motifs is 3. The van der Waals surface area contributed by atoms with Crippen molar-refractivity contribution in [3.05, 3.63) is 62.9 Å². The molecule has 0 radical (unpaired) electrons. The van der Waals surface area contributed by atoms with Gasteiger partial charge < -0.3 is 9.40 Å². The number of benzene rings is 2. The first-order valence-corrected chi connectivity index (χ1v) is 9.64. The van der Waals surface area contributed by atoms with E-state index >= 15 is 0 Å². The van der Waals surface area contributed by atoms with Gasteiger partial charge in [0.2, 0.25) is 0 Å². The number of aromatic amines is 1. The maximum atomic E-state index is 12.4. The molecule has 0 aliphatic rings. The summed E-state index contributed by atoms with van der Waals surface area (Å²) in [7, 11) is -1.15. The molecule has 0 amide bonds. The Hall–Kier alpha value is -2.08. The molecule has 0 aliphatic carbocycles. The second-order valence-electron chi connectivity index (χ2n) is 5.57. The molecule has 2 aromatic heterocycles. The predicted octanol–water partition coefficient (Wildman–Crippen LogP) is 4.99. The highest BCUT2D eigenvalue weighted by Gasteiger charge is 2.19. The van der Waals surface area contributed by atoms with Crippen molar-refractivity contribution in [2.45, 2.75) is 4.90 Å². The van der Waals surface area contributed by atoms with Gasteiger partial charge in [-0.05, 0) is 35.9 Å². The topological polar surface area (TPSA) is 63.1 Å². The van der Waals surface area contributed by atoms with E-state index in [0.29, 0.717) is 43.1 Å². The van der Waals surface area contributed by atoms with Crippen LogP contribution in [0.25, 0.3) is 33.2 Å². The van der Waals surface area contributed by atoms with E-state index in [4.69, 9.17) is 27.6 Å². The standard InChI is InChI=1S/C18H11Cl2NO3S/c1-25(23)11-4-2-3-9(7-11)14-15(20)18(22)21-16-12-8-10(19)5-6-13(12)24-17(14)16/h2-8H,1H3,(H,21,22). The second-order valence-corrected chi connectivity index (χ2v) is 7.77. The lowest BCUT2D eigenvalue weighted by Gasteiger charge is -2.06. The van der Waals surface area contributed by atoms with E-state index in [1.165, 1.54) is 0 Å². The Bertz CT molecular complexity index is 1230. The molecular formula is C18H11Cl2NO3S. The maximum Gasteiger partial charge on any atom is 0.268 e. The zero-order chi connectivity index (χ0) is 17.7. The molecule has 0 saturated heterocycles. The van der Waals surface area contributed by atoms with Crippen molar-refractivity contribution in [2.75, 3.05) is 6.26 Å². The van der Waals surface area contributed by atoms with Gasteiger partial charge >= 0.3 is 0 Å². The smallest absolute Gasteiger partial charge is 0.268 e. The van der Waals surface area contributed by atoms with Crippen LogP contribution in [0.2, 0.25) is 10.0 Å². The fraction of sp³-hybridized carbons (Fsp3) is 0.0556. The van der Waals surface area contributed by atoms with E-state index in [1.807, 2.05) is 0 Å². The number of hydrogen-bond acceptors (Lipinski definition) is 3. The number of nitrogens with one attached hydrogen (secondary N) is 1. The highest BCUT2D eigenvalue weighted by molar-refractivity contribution is 7.84. The fourth-order valence-electron chi connectivity index (χ4n) is 2.84. The van der Waals surface area contributed by atoms with Crippen molar-refractivity contribution in [2.24, 2.45) is 0 Å². The highest BCUT2D eigenvalue weighted by Crippen LogP contribution is 2.38. The lowest BCUT2D eigenvalue weighted by atomic mass is 10.1. The summed E-state index contributed by atoms with van der Waals surface area (Å²) in [5.74, 6) is 0. The Morgan fingerprint density at radius 3 is 2.68 bits per heavy atom. The summed E-state index contributed by atoms with van der Waals surface area (Å²) in [5.41, 5.74) is 2.30. The zero-order valence-electron chi connectivity index (χ0n) is 12.9. The van der Waals surface area contributed by atoms with Crippen molar-refractivity contribution in [1.82, 2.24) is 4.98 Å². The largest absolute Gasteiger partial charge is 0.454 e. The van der Waals surface area contributed by atoms with Crippen LogP contribution in [0.3, 0.4) is 0 Å². The zero-order valence-corrected chi connectivity index (χ0v) is 15.3. The third-order valence-electron chi connectivity index (χ3n) is 3.99. The highest BCUT2D eigenvalue weighted by atomic mass is 35.5. The summed E-state index contributed by atoms with van der Waals surface area (Å²) in [4.78, 5) is 15.7. The van der Waals surface area contributed by atoms with Gasteiger partial charge in [0.15, 0.2) is 5.58 Å². The first-order chi connectivity index (χ1) is 12.0. The molecule has 7 heteroatoms. The monoisotopic (exact) mass is 391 g/mol. The van der Waals surface area contributed by atoms with Gasteiger partial charge in [-0.3, -0.25) is 9.00 Å². The quantitative estimate of drug-likeness (QED) is 0.523. The molecule has 2 aromatic carbocycles. The molecule has 4 nitrogen and oxygen atoms in total. The summed E-state index contributed by atoms with van der Waals surface area (Å²) in [6, 6.07) is 12.3. The molecule has 0 spiro atoms. The average Bonchev–Trinajstić information content (AvgIpc) is 2.93. The maximum absolute atomic E-state index is 12.4. The molecule has 0 aliphatic heterocycles. The molecule has 4 rings (SSSR count). The molecule has 1 unspecified atom stereocenters. The number of pyridine rings is 1. The van der Waals surface area contributed by atoms with Gasteiger partial charge in [0.05, 0.1) is 11.1 Å². The van der Waals surface area contributed by atoms with Crippen molar-refractivity contribution in [3.63, 3.8) is 0 Å². The van der Waals surface area contributed by atoms with Crippen LogP contribution in [0.4, 0.5) is 0 Å². The summed E-state index contributed by atoms with van der Waals surface area (Å²) < 4.78 is 17.7. The fourth-order valence-corrected chi connectivity index (χ4v) is 3.82. The van der Waals surface area contributed by atoms with Crippen LogP contribution in [-0.4, -0.2) is 15.4 Å². The van der Waals surface area contributed by atoms with Crippen molar-refractivity contribution in [1.29, 1.82) is 0 Å². The Balaban J connectivity index is 2.14. The minimum atomic E-state index is -1.15. The second kappa shape index (κ2) is 6.02. The summed E-state index contributed by atoms with van der Waals surface area (Å²) >= 11 is 12.4. The van der Waals surface area contributed by atoms with Gasteiger partial charge in [-0.2, -0.15) is 0 Å². The first kappa shape index (κ1) is 16.4. The minimum absolute atomic E-state index is 0.0247. The molecule has 1 N–H and O–H groups in total. The lowest BCUT2D eigenvalue weighted by molar-refractivity contribution is 0.669. The van der Waals surface area contributed by atoms with E-state index in [9.17, 15) is 9.00 Å². The molecule has 0 fully saturated rings. The Labute approximate surface area is 154 Å². The van der Waals surface area contributed by atoms with Crippen LogP contribution in [0, 0.1) is 0 Å². The van der Waals surface area contributed by atoms with E-state index < -0.39 is 16.4 Å². The molecule has 2 heterocycles. The third kappa shape index (κ3) is 2.68. The van der Waals surface area contributed by atoms with Gasteiger partial charge in [0.25, 0.3) is 5.56 Å². The minimum Gasteiger partial charge on any atom is -0.454 e. The van der Waals surface area contributed by atoms with E-state index in [0.717, 1.165) is 0 Å². The van der Waals surface area contributed by atoms with E-state index in [1.54, 1.807) is 48.7 Å².